The lowest BCUT2D eigenvalue weighted by Crippen LogP contribution is -2.34. The quantitative estimate of drug-likeness (QED) is 0.595. The van der Waals surface area contributed by atoms with Gasteiger partial charge in [0.2, 0.25) is 0 Å². The summed E-state index contributed by atoms with van der Waals surface area (Å²) in [5.41, 5.74) is 0. The molecular weight excluding hydrogens is 154 g/mol. The summed E-state index contributed by atoms with van der Waals surface area (Å²) in [7, 11) is 3.49. The molecule has 0 saturated heterocycles. The topological polar surface area (TPSA) is 41.5 Å². The second kappa shape index (κ2) is 6.03. The minimum absolute atomic E-state index is 0.0276. The van der Waals surface area contributed by atoms with Crippen LogP contribution < -0.4 is 5.32 Å². The lowest BCUT2D eigenvalue weighted by molar-refractivity contribution is 0.168. The first-order valence-corrected chi connectivity index (χ1v) is 4.17. The van der Waals surface area contributed by atoms with E-state index in [1.54, 1.807) is 7.11 Å². The van der Waals surface area contributed by atoms with Crippen LogP contribution in [0.15, 0.2) is 12.3 Å². The Hall–Kier alpha value is -0.540. The van der Waals surface area contributed by atoms with Crippen molar-refractivity contribution in [3.63, 3.8) is 0 Å². The van der Waals surface area contributed by atoms with Gasteiger partial charge in [0, 0.05) is 13.7 Å². The Bertz CT molecular complexity index is 136. The largest absolute Gasteiger partial charge is 0.511 e. The molecule has 0 aliphatic rings. The number of likely N-dealkylation sites (N-methyl/N-ethyl adjacent to an activating group) is 1. The van der Waals surface area contributed by atoms with Gasteiger partial charge in [0.25, 0.3) is 0 Å². The van der Waals surface area contributed by atoms with Crippen molar-refractivity contribution in [1.82, 2.24) is 5.32 Å². The fourth-order valence-corrected chi connectivity index (χ4v) is 1.25. The molecule has 0 bridgehead atoms. The van der Waals surface area contributed by atoms with Crippen molar-refractivity contribution >= 4 is 0 Å². The van der Waals surface area contributed by atoms with Crippen LogP contribution in [0.2, 0.25) is 0 Å². The third-order valence-electron chi connectivity index (χ3n) is 2.02. The number of rotatable bonds is 6. The van der Waals surface area contributed by atoms with E-state index in [0.29, 0.717) is 12.5 Å². The van der Waals surface area contributed by atoms with E-state index in [0.717, 1.165) is 6.42 Å². The fraction of sp³-hybridized carbons (Fsp3) is 0.778. The Morgan fingerprint density at radius 3 is 2.58 bits per heavy atom. The molecule has 0 radical (unpaired) electrons. The molecule has 0 heterocycles. The van der Waals surface area contributed by atoms with E-state index in [-0.39, 0.29) is 11.8 Å². The third kappa shape index (κ3) is 3.74. The molecule has 0 fully saturated rings. The van der Waals surface area contributed by atoms with Crippen LogP contribution in [0.3, 0.4) is 0 Å². The van der Waals surface area contributed by atoms with Gasteiger partial charge in [-0.3, -0.25) is 0 Å². The molecule has 2 unspecified atom stereocenters. The maximum absolute atomic E-state index is 9.18. The number of methoxy groups -OCH3 is 1. The highest BCUT2D eigenvalue weighted by atomic mass is 16.5. The highest BCUT2D eigenvalue weighted by Crippen LogP contribution is 2.12. The van der Waals surface area contributed by atoms with Crippen LogP contribution in [0.5, 0.6) is 0 Å². The minimum Gasteiger partial charge on any atom is -0.511 e. The van der Waals surface area contributed by atoms with Gasteiger partial charge in [-0.2, -0.15) is 0 Å². The molecule has 0 rings (SSSR count). The van der Waals surface area contributed by atoms with Crippen molar-refractivity contribution in [2.75, 3.05) is 20.8 Å². The van der Waals surface area contributed by atoms with Crippen molar-refractivity contribution < 1.29 is 9.84 Å². The summed E-state index contributed by atoms with van der Waals surface area (Å²) in [6.07, 6.45) is 0.918. The van der Waals surface area contributed by atoms with Gasteiger partial charge in [0.05, 0.1) is 6.04 Å². The molecule has 3 heteroatoms. The molecule has 0 amide bonds. The summed E-state index contributed by atoms with van der Waals surface area (Å²) < 4.78 is 4.95. The Labute approximate surface area is 74.4 Å². The van der Waals surface area contributed by atoms with E-state index in [1.165, 1.54) is 0 Å². The van der Waals surface area contributed by atoms with E-state index >= 15 is 0 Å². The lowest BCUT2D eigenvalue weighted by atomic mass is 9.98. The Morgan fingerprint density at radius 1 is 1.67 bits per heavy atom. The molecule has 0 saturated carbocycles. The van der Waals surface area contributed by atoms with Gasteiger partial charge in [-0.05, 0) is 19.4 Å². The molecule has 0 aromatic heterocycles. The van der Waals surface area contributed by atoms with Gasteiger partial charge >= 0.3 is 0 Å². The van der Waals surface area contributed by atoms with E-state index in [2.05, 4.69) is 18.8 Å². The van der Waals surface area contributed by atoms with Crippen LogP contribution in [0.1, 0.15) is 13.3 Å². The summed E-state index contributed by atoms with van der Waals surface area (Å²) in [6.45, 7) is 6.28. The zero-order chi connectivity index (χ0) is 9.56. The van der Waals surface area contributed by atoms with Crippen LogP contribution in [0, 0.1) is 5.92 Å². The first kappa shape index (κ1) is 11.5. The van der Waals surface area contributed by atoms with Crippen molar-refractivity contribution in [2.45, 2.75) is 19.4 Å². The maximum atomic E-state index is 9.18. The molecule has 2 atom stereocenters. The summed E-state index contributed by atoms with van der Waals surface area (Å²) in [5, 5.41) is 12.2. The first-order chi connectivity index (χ1) is 5.63. The molecule has 0 aliphatic heterocycles. The van der Waals surface area contributed by atoms with Crippen LogP contribution in [-0.4, -0.2) is 31.9 Å². The number of aliphatic hydroxyl groups excluding tert-OH is 1. The highest BCUT2D eigenvalue weighted by molar-refractivity contribution is 4.96. The van der Waals surface area contributed by atoms with Gasteiger partial charge in [0.15, 0.2) is 0 Å². The normalized spacial score (nSPS) is 15.6. The minimum atomic E-state index is -0.0276. The van der Waals surface area contributed by atoms with Crippen LogP contribution in [0.25, 0.3) is 0 Å². The standard InChI is InChI=1S/C9H19NO2/c1-7(5-6-12-4)9(10-3)8(2)11/h7,9-11H,2,5-6H2,1,3-4H3. The second-order valence-corrected chi connectivity index (χ2v) is 3.02. The highest BCUT2D eigenvalue weighted by Gasteiger charge is 2.17. The molecule has 0 spiro atoms. The Balaban J connectivity index is 3.85. The molecule has 0 aromatic rings. The molecule has 72 valence electrons. The van der Waals surface area contributed by atoms with Gasteiger partial charge in [0.1, 0.15) is 5.76 Å². The van der Waals surface area contributed by atoms with E-state index < -0.39 is 0 Å². The van der Waals surface area contributed by atoms with Crippen LogP contribution in [-0.2, 0) is 4.74 Å². The second-order valence-electron chi connectivity index (χ2n) is 3.02. The van der Waals surface area contributed by atoms with Gasteiger partial charge in [-0.15, -0.1) is 0 Å². The number of aliphatic hydroxyl groups is 1. The van der Waals surface area contributed by atoms with Crippen molar-refractivity contribution in [1.29, 1.82) is 0 Å². The van der Waals surface area contributed by atoms with Gasteiger partial charge < -0.3 is 15.2 Å². The summed E-state index contributed by atoms with van der Waals surface area (Å²) >= 11 is 0. The molecule has 0 aromatic carbocycles. The average molecular weight is 173 g/mol. The van der Waals surface area contributed by atoms with Crippen molar-refractivity contribution in [3.8, 4) is 0 Å². The van der Waals surface area contributed by atoms with Gasteiger partial charge in [-0.25, -0.2) is 0 Å². The molecule has 2 N–H and O–H groups in total. The Kier molecular flexibility index (Phi) is 5.76. The number of hydrogen-bond donors (Lipinski definition) is 2. The molecular formula is C9H19NO2. The Morgan fingerprint density at radius 2 is 2.25 bits per heavy atom. The smallest absolute Gasteiger partial charge is 0.102 e. The number of nitrogens with one attached hydrogen (secondary N) is 1. The van der Waals surface area contributed by atoms with E-state index in [9.17, 15) is 5.11 Å². The van der Waals surface area contributed by atoms with Crippen LogP contribution >= 0.6 is 0 Å². The maximum Gasteiger partial charge on any atom is 0.102 e. The lowest BCUT2D eigenvalue weighted by Gasteiger charge is -2.21. The number of ether oxygens (including phenoxy) is 1. The van der Waals surface area contributed by atoms with E-state index in [1.807, 2.05) is 7.05 Å². The zero-order valence-corrected chi connectivity index (χ0v) is 8.13. The van der Waals surface area contributed by atoms with Gasteiger partial charge in [-0.1, -0.05) is 13.5 Å². The molecule has 12 heavy (non-hydrogen) atoms. The fourth-order valence-electron chi connectivity index (χ4n) is 1.25. The summed E-state index contributed by atoms with van der Waals surface area (Å²) in [5.74, 6) is 0.536. The monoisotopic (exact) mass is 173 g/mol. The first-order valence-electron chi connectivity index (χ1n) is 4.17. The number of hydrogen-bond acceptors (Lipinski definition) is 3. The van der Waals surface area contributed by atoms with Crippen molar-refractivity contribution in [3.05, 3.63) is 12.3 Å². The zero-order valence-electron chi connectivity index (χ0n) is 8.13. The van der Waals surface area contributed by atoms with Crippen molar-refractivity contribution in [2.24, 2.45) is 5.92 Å². The summed E-state index contributed by atoms with van der Waals surface area (Å²) in [6, 6.07) is -0.0276. The van der Waals surface area contributed by atoms with E-state index in [4.69, 9.17) is 4.74 Å². The average Bonchev–Trinajstić information content (AvgIpc) is 2.01. The predicted molar refractivity (Wildman–Crippen MR) is 50.3 cm³/mol. The van der Waals surface area contributed by atoms with Crippen LogP contribution in [0.4, 0.5) is 0 Å². The SMILES string of the molecule is C=C(O)C(NC)C(C)CCOC. The third-order valence-corrected chi connectivity index (χ3v) is 2.02. The predicted octanol–water partition coefficient (Wildman–Crippen LogP) is 1.32. The summed E-state index contributed by atoms with van der Waals surface area (Å²) in [4.78, 5) is 0. The molecule has 0 aliphatic carbocycles. The molecule has 3 nitrogen and oxygen atoms in total.